The highest BCUT2D eigenvalue weighted by molar-refractivity contribution is 7.12. The average Bonchev–Trinajstić information content (AvgIpc) is 3.14. The second-order valence-corrected chi connectivity index (χ2v) is 10.1. The van der Waals surface area contributed by atoms with Crippen molar-refractivity contribution in [2.75, 3.05) is 0 Å². The fourth-order valence-electron chi connectivity index (χ4n) is 4.59. The maximum atomic E-state index is 13.1. The van der Waals surface area contributed by atoms with E-state index in [0.29, 0.717) is 11.1 Å². The van der Waals surface area contributed by atoms with E-state index in [9.17, 15) is 9.59 Å². The van der Waals surface area contributed by atoms with E-state index in [1.165, 1.54) is 64.2 Å². The first-order valence-corrected chi connectivity index (χ1v) is 12.8. The van der Waals surface area contributed by atoms with Crippen molar-refractivity contribution in [3.05, 3.63) is 20.9 Å². The molecule has 0 saturated heterocycles. The summed E-state index contributed by atoms with van der Waals surface area (Å²) >= 11 is 1.58. The first-order valence-electron chi connectivity index (χ1n) is 12.0. The first-order chi connectivity index (χ1) is 14.0. The standard InChI is InChI=1S/C25H41NO2S/c1-5-7-9-11-13-15-17-21(18-16-14-12-10-8-6-2)26-24(27)22-19(3)29-20(4)23(22)25(26)28/h21H,5-18H2,1-4H3. The minimum Gasteiger partial charge on any atom is -0.271 e. The highest BCUT2D eigenvalue weighted by Crippen LogP contribution is 2.37. The molecule has 29 heavy (non-hydrogen) atoms. The number of aryl methyl sites for hydroxylation is 2. The quantitative estimate of drug-likeness (QED) is 0.214. The van der Waals surface area contributed by atoms with E-state index in [-0.39, 0.29) is 17.9 Å². The molecule has 0 unspecified atom stereocenters. The van der Waals surface area contributed by atoms with Crippen LogP contribution in [0, 0.1) is 13.8 Å². The van der Waals surface area contributed by atoms with Crippen LogP contribution in [0.15, 0.2) is 0 Å². The van der Waals surface area contributed by atoms with Gasteiger partial charge in [-0.05, 0) is 26.7 Å². The van der Waals surface area contributed by atoms with Crippen molar-refractivity contribution in [2.45, 2.75) is 124 Å². The summed E-state index contributed by atoms with van der Waals surface area (Å²) in [5.74, 6) is -0.0670. The van der Waals surface area contributed by atoms with Gasteiger partial charge in [-0.2, -0.15) is 0 Å². The molecule has 0 atom stereocenters. The number of hydrogen-bond donors (Lipinski definition) is 0. The molecule has 164 valence electrons. The van der Waals surface area contributed by atoms with Gasteiger partial charge in [-0.3, -0.25) is 14.5 Å². The maximum absolute atomic E-state index is 13.1. The van der Waals surface area contributed by atoms with E-state index in [1.54, 1.807) is 16.2 Å². The molecule has 2 amide bonds. The van der Waals surface area contributed by atoms with Crippen molar-refractivity contribution in [1.29, 1.82) is 0 Å². The Hall–Kier alpha value is -1.16. The van der Waals surface area contributed by atoms with Crippen molar-refractivity contribution >= 4 is 23.2 Å². The summed E-state index contributed by atoms with van der Waals surface area (Å²) in [4.78, 5) is 29.9. The number of amides is 2. The molecule has 0 fully saturated rings. The molecule has 1 aliphatic rings. The van der Waals surface area contributed by atoms with Crippen LogP contribution in [0.5, 0.6) is 0 Å². The molecule has 1 aliphatic heterocycles. The van der Waals surface area contributed by atoms with Gasteiger partial charge in [-0.15, -0.1) is 11.3 Å². The third-order valence-corrected chi connectivity index (χ3v) is 7.29. The zero-order valence-electron chi connectivity index (χ0n) is 19.1. The molecule has 1 aromatic rings. The zero-order valence-corrected chi connectivity index (χ0v) is 20.0. The van der Waals surface area contributed by atoms with Crippen LogP contribution in [0.4, 0.5) is 0 Å². The summed E-state index contributed by atoms with van der Waals surface area (Å²) in [6, 6.07) is 0.0727. The summed E-state index contributed by atoms with van der Waals surface area (Å²) < 4.78 is 0. The minimum absolute atomic E-state index is 0.0335. The van der Waals surface area contributed by atoms with E-state index in [0.717, 1.165) is 35.4 Å². The van der Waals surface area contributed by atoms with Crippen LogP contribution in [0.1, 0.15) is 134 Å². The van der Waals surface area contributed by atoms with E-state index < -0.39 is 0 Å². The summed E-state index contributed by atoms with van der Waals surface area (Å²) in [6.07, 6.45) is 16.9. The van der Waals surface area contributed by atoms with Gasteiger partial charge in [0.05, 0.1) is 11.1 Å². The highest BCUT2D eigenvalue weighted by Gasteiger charge is 2.42. The van der Waals surface area contributed by atoms with E-state index in [4.69, 9.17) is 0 Å². The Morgan fingerprint density at radius 2 is 1.03 bits per heavy atom. The molecule has 4 heteroatoms. The molecule has 0 aliphatic carbocycles. The molecular weight excluding hydrogens is 378 g/mol. The molecule has 0 radical (unpaired) electrons. The van der Waals surface area contributed by atoms with Crippen LogP contribution < -0.4 is 0 Å². The average molecular weight is 420 g/mol. The molecule has 0 saturated carbocycles. The van der Waals surface area contributed by atoms with Crippen LogP contribution in [0.3, 0.4) is 0 Å². The highest BCUT2D eigenvalue weighted by atomic mass is 32.1. The molecule has 2 heterocycles. The van der Waals surface area contributed by atoms with Crippen LogP contribution >= 0.6 is 11.3 Å². The van der Waals surface area contributed by atoms with Gasteiger partial charge >= 0.3 is 0 Å². The second-order valence-electron chi connectivity index (χ2n) is 8.71. The molecule has 2 rings (SSSR count). The van der Waals surface area contributed by atoms with Gasteiger partial charge in [0.15, 0.2) is 0 Å². The number of fused-ring (bicyclic) bond motifs is 1. The maximum Gasteiger partial charge on any atom is 0.262 e. The number of nitrogens with zero attached hydrogens (tertiary/aromatic N) is 1. The fraction of sp³-hybridized carbons (Fsp3) is 0.760. The topological polar surface area (TPSA) is 37.4 Å². The van der Waals surface area contributed by atoms with Gasteiger partial charge < -0.3 is 0 Å². The smallest absolute Gasteiger partial charge is 0.262 e. The predicted molar refractivity (Wildman–Crippen MR) is 124 cm³/mol. The monoisotopic (exact) mass is 419 g/mol. The van der Waals surface area contributed by atoms with Crippen LogP contribution in [-0.2, 0) is 0 Å². The van der Waals surface area contributed by atoms with Crippen molar-refractivity contribution in [2.24, 2.45) is 0 Å². The van der Waals surface area contributed by atoms with Gasteiger partial charge in [0, 0.05) is 15.8 Å². The molecule has 3 nitrogen and oxygen atoms in total. The number of carbonyl (C=O) groups excluding carboxylic acids is 2. The van der Waals surface area contributed by atoms with E-state index in [1.807, 2.05) is 13.8 Å². The number of hydrogen-bond acceptors (Lipinski definition) is 3. The van der Waals surface area contributed by atoms with Gasteiger partial charge in [0.1, 0.15) is 0 Å². The second kappa shape index (κ2) is 12.5. The molecule has 1 aromatic heterocycles. The Kier molecular flexibility index (Phi) is 10.4. The van der Waals surface area contributed by atoms with Crippen molar-refractivity contribution in [1.82, 2.24) is 4.90 Å². The Bertz CT molecular complexity index is 612. The third kappa shape index (κ3) is 6.41. The Labute approximate surface area is 182 Å². The number of carbonyl (C=O) groups is 2. The van der Waals surface area contributed by atoms with Gasteiger partial charge in [0.2, 0.25) is 0 Å². The lowest BCUT2D eigenvalue weighted by molar-refractivity contribution is 0.0562. The third-order valence-electron chi connectivity index (χ3n) is 6.27. The SMILES string of the molecule is CCCCCCCCC(CCCCCCCC)N1C(=O)c2c(C)sc(C)c2C1=O. The summed E-state index contributed by atoms with van der Waals surface area (Å²) in [6.45, 7) is 8.43. The van der Waals surface area contributed by atoms with Crippen LogP contribution in [0.25, 0.3) is 0 Å². The zero-order chi connectivity index (χ0) is 21.2. The number of rotatable bonds is 15. The summed E-state index contributed by atoms with van der Waals surface area (Å²) in [5.41, 5.74) is 1.38. The molecule has 0 N–H and O–H groups in total. The Balaban J connectivity index is 1.97. The van der Waals surface area contributed by atoms with Gasteiger partial charge in [-0.1, -0.05) is 90.9 Å². The normalized spacial score (nSPS) is 13.8. The lowest BCUT2D eigenvalue weighted by Crippen LogP contribution is -2.40. The summed E-state index contributed by atoms with van der Waals surface area (Å²) in [5, 5.41) is 0. The lowest BCUT2D eigenvalue weighted by atomic mass is 9.98. The largest absolute Gasteiger partial charge is 0.271 e. The van der Waals surface area contributed by atoms with E-state index >= 15 is 0 Å². The Morgan fingerprint density at radius 3 is 1.45 bits per heavy atom. The Morgan fingerprint density at radius 1 is 0.655 bits per heavy atom. The minimum atomic E-state index is -0.0335. The molecular formula is C25H41NO2S. The van der Waals surface area contributed by atoms with Gasteiger partial charge in [-0.25, -0.2) is 0 Å². The molecule has 0 spiro atoms. The predicted octanol–water partition coefficient (Wildman–Crippen LogP) is 7.83. The fourth-order valence-corrected chi connectivity index (χ4v) is 5.63. The first kappa shape index (κ1) is 24.1. The van der Waals surface area contributed by atoms with Crippen LogP contribution in [-0.4, -0.2) is 22.8 Å². The van der Waals surface area contributed by atoms with Crippen LogP contribution in [0.2, 0.25) is 0 Å². The van der Waals surface area contributed by atoms with Gasteiger partial charge in [0.25, 0.3) is 11.8 Å². The van der Waals surface area contributed by atoms with E-state index in [2.05, 4.69) is 13.8 Å². The number of unbranched alkanes of at least 4 members (excludes halogenated alkanes) is 10. The van der Waals surface area contributed by atoms with Crippen molar-refractivity contribution in [3.63, 3.8) is 0 Å². The molecule has 0 aromatic carbocycles. The molecule has 0 bridgehead atoms. The van der Waals surface area contributed by atoms with Crippen molar-refractivity contribution in [3.8, 4) is 0 Å². The van der Waals surface area contributed by atoms with Crippen molar-refractivity contribution < 1.29 is 9.59 Å². The lowest BCUT2D eigenvalue weighted by Gasteiger charge is -2.27. The number of thiophene rings is 1. The number of imide groups is 1. The summed E-state index contributed by atoms with van der Waals surface area (Å²) in [7, 11) is 0.